The van der Waals surface area contributed by atoms with Crippen LogP contribution in [0, 0.1) is 11.3 Å². The Hall–Kier alpha value is -1.36. The number of hydrogen-bond donors (Lipinski definition) is 2. The minimum atomic E-state index is -4.71. The summed E-state index contributed by atoms with van der Waals surface area (Å²) in [5, 5.41) is 26.8. The maximum atomic E-state index is 12.4. The molecule has 2 N–H and O–H groups in total. The fourth-order valence-electron chi connectivity index (χ4n) is 1.26. The molecule has 0 saturated heterocycles. The second-order valence-electron chi connectivity index (χ2n) is 3.48. The molecule has 1 heterocycles. The topological polar surface area (TPSA) is 77.1 Å². The molecule has 0 spiro atoms. The first-order valence-electron chi connectivity index (χ1n) is 4.73. The predicted octanol–water partition coefficient (Wildman–Crippen LogP) is 2.06. The van der Waals surface area contributed by atoms with Gasteiger partial charge in [-0.1, -0.05) is 11.6 Å². The van der Waals surface area contributed by atoms with Gasteiger partial charge in [0.05, 0.1) is 18.6 Å². The molecule has 2 atom stereocenters. The Labute approximate surface area is 105 Å². The van der Waals surface area contributed by atoms with Crippen LogP contribution >= 0.6 is 11.6 Å². The van der Waals surface area contributed by atoms with E-state index in [1.165, 1.54) is 0 Å². The lowest BCUT2D eigenvalue weighted by atomic mass is 10.0. The van der Waals surface area contributed by atoms with Crippen molar-refractivity contribution in [3.05, 3.63) is 28.5 Å². The lowest BCUT2D eigenvalue weighted by molar-refractivity contribution is -0.141. The number of rotatable bonds is 3. The first kappa shape index (κ1) is 14.7. The van der Waals surface area contributed by atoms with Crippen LogP contribution in [0.15, 0.2) is 12.1 Å². The molecule has 98 valence electrons. The van der Waals surface area contributed by atoms with Gasteiger partial charge in [-0.25, -0.2) is 4.98 Å². The Morgan fingerprint density at radius 2 is 2.00 bits per heavy atom. The van der Waals surface area contributed by atoms with E-state index in [0.717, 1.165) is 6.07 Å². The molecule has 0 amide bonds. The van der Waals surface area contributed by atoms with Crippen LogP contribution in [0.25, 0.3) is 0 Å². The number of alkyl halides is 3. The van der Waals surface area contributed by atoms with Crippen molar-refractivity contribution in [1.82, 2.24) is 4.98 Å². The molecule has 0 saturated carbocycles. The van der Waals surface area contributed by atoms with Gasteiger partial charge >= 0.3 is 6.18 Å². The Balaban J connectivity index is 3.11. The van der Waals surface area contributed by atoms with Crippen LogP contribution in [0.2, 0.25) is 5.15 Å². The number of aliphatic hydroxyl groups is 2. The summed E-state index contributed by atoms with van der Waals surface area (Å²) in [5.41, 5.74) is -1.52. The lowest BCUT2D eigenvalue weighted by Gasteiger charge is -2.17. The maximum Gasteiger partial charge on any atom is 0.433 e. The quantitative estimate of drug-likeness (QED) is 0.831. The van der Waals surface area contributed by atoms with E-state index in [4.69, 9.17) is 16.9 Å². The van der Waals surface area contributed by atoms with Crippen molar-refractivity contribution in [2.75, 3.05) is 0 Å². The third-order valence-corrected chi connectivity index (χ3v) is 2.31. The summed E-state index contributed by atoms with van der Waals surface area (Å²) < 4.78 is 37.3. The van der Waals surface area contributed by atoms with Crippen molar-refractivity contribution in [3.8, 4) is 6.07 Å². The summed E-state index contributed by atoms with van der Waals surface area (Å²) in [5.74, 6) is 0. The first-order valence-corrected chi connectivity index (χ1v) is 5.11. The van der Waals surface area contributed by atoms with Gasteiger partial charge in [0, 0.05) is 0 Å². The number of pyridine rings is 1. The highest BCUT2D eigenvalue weighted by atomic mass is 35.5. The molecule has 1 rings (SSSR count). The van der Waals surface area contributed by atoms with E-state index in [2.05, 4.69) is 4.98 Å². The van der Waals surface area contributed by atoms with Crippen molar-refractivity contribution in [2.45, 2.75) is 24.8 Å². The highest BCUT2D eigenvalue weighted by Crippen LogP contribution is 2.31. The smallest absolute Gasteiger partial charge is 0.389 e. The number of aromatic nitrogens is 1. The zero-order chi connectivity index (χ0) is 13.9. The van der Waals surface area contributed by atoms with Gasteiger partial charge in [0.2, 0.25) is 0 Å². The Bertz CT molecular complexity index is 473. The van der Waals surface area contributed by atoms with Crippen molar-refractivity contribution < 1.29 is 23.4 Å². The van der Waals surface area contributed by atoms with Crippen molar-refractivity contribution in [1.29, 1.82) is 5.26 Å². The SMILES string of the molecule is N#CCC(O)C(O)c1cc(Cl)nc(C(F)(F)F)c1. The van der Waals surface area contributed by atoms with Gasteiger partial charge < -0.3 is 10.2 Å². The highest BCUT2D eigenvalue weighted by molar-refractivity contribution is 6.29. The van der Waals surface area contributed by atoms with E-state index in [1.54, 1.807) is 6.07 Å². The molecular weight excluding hydrogens is 273 g/mol. The van der Waals surface area contributed by atoms with Crippen LogP contribution < -0.4 is 0 Å². The van der Waals surface area contributed by atoms with Crippen LogP contribution in [0.4, 0.5) is 13.2 Å². The normalized spacial score (nSPS) is 14.9. The van der Waals surface area contributed by atoms with E-state index in [1.807, 2.05) is 0 Å². The van der Waals surface area contributed by atoms with Gasteiger partial charge in [-0.2, -0.15) is 18.4 Å². The molecule has 0 fully saturated rings. The molecule has 8 heteroatoms. The van der Waals surface area contributed by atoms with E-state index in [9.17, 15) is 23.4 Å². The second-order valence-corrected chi connectivity index (χ2v) is 3.87. The molecule has 1 aromatic rings. The van der Waals surface area contributed by atoms with E-state index < -0.39 is 35.7 Å². The van der Waals surface area contributed by atoms with Gasteiger partial charge in [0.15, 0.2) is 0 Å². The summed E-state index contributed by atoms with van der Waals surface area (Å²) in [7, 11) is 0. The van der Waals surface area contributed by atoms with Crippen molar-refractivity contribution >= 4 is 11.6 Å². The minimum absolute atomic E-state index is 0.245. The number of aliphatic hydroxyl groups excluding tert-OH is 2. The molecule has 1 aromatic heterocycles. The van der Waals surface area contributed by atoms with E-state index >= 15 is 0 Å². The Morgan fingerprint density at radius 3 is 2.50 bits per heavy atom. The fourth-order valence-corrected chi connectivity index (χ4v) is 1.48. The monoisotopic (exact) mass is 280 g/mol. The Morgan fingerprint density at radius 1 is 1.39 bits per heavy atom. The third-order valence-electron chi connectivity index (χ3n) is 2.11. The summed E-state index contributed by atoms with van der Waals surface area (Å²) in [4.78, 5) is 3.08. The summed E-state index contributed by atoms with van der Waals surface area (Å²) in [6.45, 7) is 0. The molecule has 0 aromatic carbocycles. The molecule has 0 aliphatic heterocycles. The van der Waals surface area contributed by atoms with Gasteiger partial charge in [-0.05, 0) is 17.7 Å². The number of halogens is 4. The molecule has 0 aliphatic rings. The standard InChI is InChI=1S/C10H8ClF3N2O2/c11-8-4-5(9(18)6(17)1-2-15)3-7(16-8)10(12,13)14/h3-4,6,9,17-18H,1H2. The zero-order valence-corrected chi connectivity index (χ0v) is 9.57. The van der Waals surface area contributed by atoms with Crippen LogP contribution in [0.3, 0.4) is 0 Å². The summed E-state index contributed by atoms with van der Waals surface area (Å²) in [6.07, 6.45) is -8.25. The maximum absolute atomic E-state index is 12.4. The lowest BCUT2D eigenvalue weighted by Crippen LogP contribution is -2.19. The molecule has 2 unspecified atom stereocenters. The number of nitriles is 1. The van der Waals surface area contributed by atoms with Crippen LogP contribution in [-0.4, -0.2) is 21.3 Å². The molecule has 0 bridgehead atoms. The van der Waals surface area contributed by atoms with E-state index in [0.29, 0.717) is 6.07 Å². The van der Waals surface area contributed by atoms with E-state index in [-0.39, 0.29) is 5.56 Å². The van der Waals surface area contributed by atoms with Gasteiger partial charge in [-0.3, -0.25) is 0 Å². The van der Waals surface area contributed by atoms with Gasteiger partial charge in [0.1, 0.15) is 17.0 Å². The predicted molar refractivity (Wildman–Crippen MR) is 55.4 cm³/mol. The molecule has 0 aliphatic carbocycles. The average molecular weight is 281 g/mol. The minimum Gasteiger partial charge on any atom is -0.389 e. The summed E-state index contributed by atoms with van der Waals surface area (Å²) in [6, 6.07) is 3.18. The number of nitrogens with zero attached hydrogens (tertiary/aromatic N) is 2. The largest absolute Gasteiger partial charge is 0.433 e. The van der Waals surface area contributed by atoms with Crippen molar-refractivity contribution in [2.24, 2.45) is 0 Å². The third kappa shape index (κ3) is 3.57. The van der Waals surface area contributed by atoms with Gasteiger partial charge in [-0.15, -0.1) is 0 Å². The molecule has 4 nitrogen and oxygen atoms in total. The first-order chi connectivity index (χ1) is 8.25. The van der Waals surface area contributed by atoms with Crippen LogP contribution in [0.5, 0.6) is 0 Å². The summed E-state index contributed by atoms with van der Waals surface area (Å²) >= 11 is 5.41. The van der Waals surface area contributed by atoms with Gasteiger partial charge in [0.25, 0.3) is 0 Å². The van der Waals surface area contributed by atoms with Crippen molar-refractivity contribution in [3.63, 3.8) is 0 Å². The van der Waals surface area contributed by atoms with Crippen LogP contribution in [-0.2, 0) is 6.18 Å². The molecule has 18 heavy (non-hydrogen) atoms. The van der Waals surface area contributed by atoms with Crippen LogP contribution in [0.1, 0.15) is 23.8 Å². The molecule has 0 radical (unpaired) electrons. The molecular formula is C10H8ClF3N2O2. The number of hydrogen-bond acceptors (Lipinski definition) is 4. The Kier molecular flexibility index (Phi) is 4.51. The fraction of sp³-hybridized carbons (Fsp3) is 0.400. The average Bonchev–Trinajstić information content (AvgIpc) is 2.26. The zero-order valence-electron chi connectivity index (χ0n) is 8.82. The second kappa shape index (κ2) is 5.52. The highest BCUT2D eigenvalue weighted by Gasteiger charge is 2.34.